The van der Waals surface area contributed by atoms with Gasteiger partial charge in [-0.2, -0.15) is 0 Å². The van der Waals surface area contributed by atoms with E-state index in [9.17, 15) is 8.42 Å². The standard InChI is InChI=1S/C20H25N5O4S2/c26-31(27,14-9-23-5-10-28-11-6-23)20-22-25-15-18(21-19(25)30-20)16-1-3-17(4-2-16)24-7-12-29-13-8-24/h1-4,15H,5-14H2. The highest BCUT2D eigenvalue weighted by Crippen LogP contribution is 2.27. The van der Waals surface area contributed by atoms with Gasteiger partial charge in [-0.3, -0.25) is 4.90 Å². The third-order valence-corrected chi connectivity index (χ3v) is 8.67. The Morgan fingerprint density at radius 2 is 1.65 bits per heavy atom. The van der Waals surface area contributed by atoms with Gasteiger partial charge in [0.1, 0.15) is 0 Å². The highest BCUT2D eigenvalue weighted by molar-refractivity contribution is 7.93. The van der Waals surface area contributed by atoms with Gasteiger partial charge >= 0.3 is 0 Å². The Morgan fingerprint density at radius 3 is 2.32 bits per heavy atom. The number of imidazole rings is 1. The maximum absolute atomic E-state index is 12.7. The molecule has 0 bridgehead atoms. The van der Waals surface area contributed by atoms with Crippen molar-refractivity contribution >= 4 is 31.8 Å². The highest BCUT2D eigenvalue weighted by atomic mass is 32.2. The maximum Gasteiger partial charge on any atom is 0.232 e. The predicted octanol–water partition coefficient (Wildman–Crippen LogP) is 1.40. The molecule has 0 aliphatic carbocycles. The molecule has 2 aliphatic rings. The van der Waals surface area contributed by atoms with Crippen LogP contribution in [0.3, 0.4) is 0 Å². The van der Waals surface area contributed by atoms with Crippen molar-refractivity contribution in [3.8, 4) is 11.3 Å². The molecule has 0 N–H and O–H groups in total. The minimum atomic E-state index is -3.44. The van der Waals surface area contributed by atoms with Crippen LogP contribution < -0.4 is 4.90 Å². The number of hydrogen-bond donors (Lipinski definition) is 0. The van der Waals surface area contributed by atoms with E-state index in [1.54, 1.807) is 10.7 Å². The molecule has 0 unspecified atom stereocenters. The number of sulfone groups is 1. The van der Waals surface area contributed by atoms with Crippen LogP contribution in [0.2, 0.25) is 0 Å². The van der Waals surface area contributed by atoms with Crippen LogP contribution in [-0.2, 0) is 19.3 Å². The summed E-state index contributed by atoms with van der Waals surface area (Å²) >= 11 is 1.12. The molecule has 2 aliphatic heterocycles. The van der Waals surface area contributed by atoms with Crippen molar-refractivity contribution in [3.05, 3.63) is 30.5 Å². The van der Waals surface area contributed by atoms with Crippen molar-refractivity contribution in [3.63, 3.8) is 0 Å². The first-order valence-electron chi connectivity index (χ1n) is 10.4. The van der Waals surface area contributed by atoms with Crippen LogP contribution in [-0.4, -0.2) is 92.8 Å². The smallest absolute Gasteiger partial charge is 0.232 e. The molecular formula is C20H25N5O4S2. The molecule has 1 aromatic carbocycles. The summed E-state index contributed by atoms with van der Waals surface area (Å²) in [5, 5.41) is 4.30. The van der Waals surface area contributed by atoms with Gasteiger partial charge in [-0.25, -0.2) is 17.9 Å². The van der Waals surface area contributed by atoms with E-state index in [2.05, 4.69) is 32.0 Å². The molecule has 0 spiro atoms. The van der Waals surface area contributed by atoms with Gasteiger partial charge in [0.15, 0.2) is 0 Å². The Labute approximate surface area is 185 Å². The van der Waals surface area contributed by atoms with Gasteiger partial charge in [-0.05, 0) is 12.1 Å². The number of anilines is 1. The van der Waals surface area contributed by atoms with Gasteiger partial charge in [-0.15, -0.1) is 5.10 Å². The van der Waals surface area contributed by atoms with Crippen LogP contribution >= 0.6 is 11.3 Å². The molecule has 31 heavy (non-hydrogen) atoms. The molecule has 5 rings (SSSR count). The zero-order valence-corrected chi connectivity index (χ0v) is 18.8. The van der Waals surface area contributed by atoms with E-state index in [-0.39, 0.29) is 10.1 Å². The van der Waals surface area contributed by atoms with Crippen molar-refractivity contribution in [2.24, 2.45) is 0 Å². The minimum absolute atomic E-state index is 0.0551. The Kier molecular flexibility index (Phi) is 5.93. The lowest BCUT2D eigenvalue weighted by Gasteiger charge is -2.28. The van der Waals surface area contributed by atoms with E-state index in [0.29, 0.717) is 24.7 Å². The van der Waals surface area contributed by atoms with Gasteiger partial charge in [0, 0.05) is 44.0 Å². The molecule has 2 fully saturated rings. The van der Waals surface area contributed by atoms with E-state index in [0.717, 1.165) is 62.0 Å². The van der Waals surface area contributed by atoms with E-state index >= 15 is 0 Å². The lowest BCUT2D eigenvalue weighted by molar-refractivity contribution is 0.0408. The van der Waals surface area contributed by atoms with E-state index < -0.39 is 9.84 Å². The fraction of sp³-hybridized carbons (Fsp3) is 0.500. The fourth-order valence-electron chi connectivity index (χ4n) is 3.77. The predicted molar refractivity (Wildman–Crippen MR) is 119 cm³/mol. The number of ether oxygens (including phenoxy) is 2. The number of benzene rings is 1. The molecule has 9 nitrogen and oxygen atoms in total. The first-order chi connectivity index (χ1) is 15.1. The highest BCUT2D eigenvalue weighted by Gasteiger charge is 2.23. The van der Waals surface area contributed by atoms with E-state index in [4.69, 9.17) is 9.47 Å². The van der Waals surface area contributed by atoms with Crippen LogP contribution in [0.5, 0.6) is 0 Å². The number of fused-ring (bicyclic) bond motifs is 1. The SMILES string of the molecule is O=S(=O)(CCN1CCOCC1)c1nn2cc(-c3ccc(N4CCOCC4)cc3)nc2s1. The van der Waals surface area contributed by atoms with Gasteiger partial charge in [0.2, 0.25) is 19.1 Å². The van der Waals surface area contributed by atoms with Gasteiger partial charge in [0.05, 0.1) is 44.1 Å². The monoisotopic (exact) mass is 463 g/mol. The van der Waals surface area contributed by atoms with E-state index in [1.807, 2.05) is 12.1 Å². The Morgan fingerprint density at radius 1 is 0.968 bits per heavy atom. The lowest BCUT2D eigenvalue weighted by atomic mass is 10.1. The fourth-order valence-corrected chi connectivity index (χ4v) is 6.26. The average molecular weight is 464 g/mol. The molecule has 4 heterocycles. The molecule has 0 radical (unpaired) electrons. The molecule has 0 saturated carbocycles. The van der Waals surface area contributed by atoms with Crippen LogP contribution in [0.15, 0.2) is 34.8 Å². The maximum atomic E-state index is 12.7. The van der Waals surface area contributed by atoms with Crippen LogP contribution in [0.25, 0.3) is 16.2 Å². The number of aromatic nitrogens is 3. The average Bonchev–Trinajstić information content (AvgIpc) is 3.40. The second-order valence-electron chi connectivity index (χ2n) is 7.64. The topological polar surface area (TPSA) is 89.3 Å². The lowest BCUT2D eigenvalue weighted by Crippen LogP contribution is -2.39. The molecule has 2 aromatic heterocycles. The van der Waals surface area contributed by atoms with Crippen molar-refractivity contribution in [1.29, 1.82) is 0 Å². The molecule has 0 amide bonds. The number of morpholine rings is 2. The van der Waals surface area contributed by atoms with E-state index in [1.165, 1.54) is 5.69 Å². The molecule has 3 aromatic rings. The Balaban J connectivity index is 1.28. The van der Waals surface area contributed by atoms with Crippen molar-refractivity contribution < 1.29 is 17.9 Å². The molecule has 2 saturated heterocycles. The van der Waals surface area contributed by atoms with Crippen LogP contribution in [0, 0.1) is 0 Å². The zero-order valence-electron chi connectivity index (χ0n) is 17.1. The number of nitrogens with zero attached hydrogens (tertiary/aromatic N) is 5. The third-order valence-electron chi connectivity index (χ3n) is 5.61. The first kappa shape index (κ1) is 20.8. The summed E-state index contributed by atoms with van der Waals surface area (Å²) in [5.41, 5.74) is 2.93. The van der Waals surface area contributed by atoms with Crippen LogP contribution in [0.4, 0.5) is 5.69 Å². The largest absolute Gasteiger partial charge is 0.379 e. The summed E-state index contributed by atoms with van der Waals surface area (Å²) in [6, 6.07) is 8.25. The zero-order chi connectivity index (χ0) is 21.3. The summed E-state index contributed by atoms with van der Waals surface area (Å²) in [5.74, 6) is 0.0551. The summed E-state index contributed by atoms with van der Waals surface area (Å²) in [7, 11) is -3.44. The van der Waals surface area contributed by atoms with Crippen LogP contribution in [0.1, 0.15) is 0 Å². The summed E-state index contributed by atoms with van der Waals surface area (Å²) < 4.78 is 37.8. The minimum Gasteiger partial charge on any atom is -0.379 e. The first-order valence-corrected chi connectivity index (χ1v) is 12.9. The number of rotatable bonds is 6. The van der Waals surface area contributed by atoms with Gasteiger partial charge in [0.25, 0.3) is 0 Å². The van der Waals surface area contributed by atoms with Gasteiger partial charge < -0.3 is 14.4 Å². The summed E-state index contributed by atoms with van der Waals surface area (Å²) in [6.45, 7) is 6.63. The van der Waals surface area contributed by atoms with Gasteiger partial charge in [-0.1, -0.05) is 23.5 Å². The summed E-state index contributed by atoms with van der Waals surface area (Å²) in [4.78, 5) is 9.59. The Bertz CT molecular complexity index is 1100. The van der Waals surface area contributed by atoms with Crippen molar-refractivity contribution in [1.82, 2.24) is 19.5 Å². The quantitative estimate of drug-likeness (QED) is 0.542. The molecular weight excluding hydrogens is 438 g/mol. The number of hydrogen-bond acceptors (Lipinski definition) is 9. The molecule has 166 valence electrons. The van der Waals surface area contributed by atoms with Crippen molar-refractivity contribution in [2.45, 2.75) is 4.34 Å². The van der Waals surface area contributed by atoms with Crippen molar-refractivity contribution in [2.75, 3.05) is 69.8 Å². The normalized spacial score (nSPS) is 18.6. The third kappa shape index (κ3) is 4.60. The molecule has 0 atom stereocenters. The summed E-state index contributed by atoms with van der Waals surface area (Å²) in [6.07, 6.45) is 1.79. The molecule has 11 heteroatoms. The Hall–Kier alpha value is -2.05. The second kappa shape index (κ2) is 8.83. The second-order valence-corrected chi connectivity index (χ2v) is 10.9.